The van der Waals surface area contributed by atoms with Crippen molar-refractivity contribution < 1.29 is 14.1 Å². The van der Waals surface area contributed by atoms with E-state index in [1.807, 2.05) is 4.90 Å². The molecule has 1 atom stereocenters. The van der Waals surface area contributed by atoms with Crippen molar-refractivity contribution in [3.05, 3.63) is 41.5 Å². The number of carbonyl (C=O) groups excluding carboxylic acids is 1. The van der Waals surface area contributed by atoms with E-state index in [-0.39, 0.29) is 12.5 Å². The molecule has 0 spiro atoms. The number of aromatic nitrogens is 2. The second kappa shape index (κ2) is 6.81. The van der Waals surface area contributed by atoms with E-state index in [4.69, 9.17) is 9.26 Å². The van der Waals surface area contributed by atoms with Gasteiger partial charge < -0.3 is 14.2 Å². The minimum atomic E-state index is 0.0943. The van der Waals surface area contributed by atoms with Crippen LogP contribution in [0.25, 0.3) is 0 Å². The Balaban J connectivity index is 1.59. The van der Waals surface area contributed by atoms with Crippen LogP contribution in [-0.4, -0.2) is 34.0 Å². The zero-order valence-corrected chi connectivity index (χ0v) is 13.5. The predicted molar refractivity (Wildman–Crippen MR) is 84.1 cm³/mol. The SMILES string of the molecule is Cc1nc(COc2ccc(C(=O)N3CCC[C@@H](C)C3)cc2)no1. The first-order valence-corrected chi connectivity index (χ1v) is 7.93. The van der Waals surface area contributed by atoms with Crippen LogP contribution in [0.15, 0.2) is 28.8 Å². The summed E-state index contributed by atoms with van der Waals surface area (Å²) in [6, 6.07) is 7.21. The Labute approximate surface area is 135 Å². The largest absolute Gasteiger partial charge is 0.485 e. The molecule has 3 rings (SSSR count). The summed E-state index contributed by atoms with van der Waals surface area (Å²) in [5, 5.41) is 3.77. The minimum Gasteiger partial charge on any atom is -0.485 e. The summed E-state index contributed by atoms with van der Waals surface area (Å²) in [7, 11) is 0. The van der Waals surface area contributed by atoms with Crippen LogP contribution >= 0.6 is 0 Å². The van der Waals surface area contributed by atoms with Gasteiger partial charge in [-0.05, 0) is 43.0 Å². The van der Waals surface area contributed by atoms with E-state index in [0.29, 0.717) is 28.9 Å². The lowest BCUT2D eigenvalue weighted by molar-refractivity contribution is 0.0683. The van der Waals surface area contributed by atoms with E-state index < -0.39 is 0 Å². The van der Waals surface area contributed by atoms with Gasteiger partial charge in [0, 0.05) is 25.6 Å². The monoisotopic (exact) mass is 315 g/mol. The van der Waals surface area contributed by atoms with Crippen LogP contribution in [0.1, 0.15) is 41.8 Å². The summed E-state index contributed by atoms with van der Waals surface area (Å²) in [5.74, 6) is 2.37. The highest BCUT2D eigenvalue weighted by Gasteiger charge is 2.21. The molecule has 2 heterocycles. The highest BCUT2D eigenvalue weighted by atomic mass is 16.5. The van der Waals surface area contributed by atoms with Crippen LogP contribution in [0.2, 0.25) is 0 Å². The predicted octanol–water partition coefficient (Wildman–Crippen LogP) is 2.83. The molecule has 6 heteroatoms. The normalized spacial score (nSPS) is 18.0. The maximum Gasteiger partial charge on any atom is 0.253 e. The average molecular weight is 315 g/mol. The van der Waals surface area contributed by atoms with Crippen LogP contribution < -0.4 is 4.74 Å². The summed E-state index contributed by atoms with van der Waals surface area (Å²) in [4.78, 5) is 18.5. The van der Waals surface area contributed by atoms with Crippen LogP contribution in [-0.2, 0) is 6.61 Å². The Kier molecular flexibility index (Phi) is 4.60. The summed E-state index contributed by atoms with van der Waals surface area (Å²) < 4.78 is 10.5. The molecule has 1 fully saturated rings. The maximum absolute atomic E-state index is 12.5. The van der Waals surface area contributed by atoms with Gasteiger partial charge in [0.15, 0.2) is 6.61 Å². The van der Waals surface area contributed by atoms with Crippen molar-refractivity contribution in [2.75, 3.05) is 13.1 Å². The number of piperidine rings is 1. The molecular weight excluding hydrogens is 294 g/mol. The lowest BCUT2D eigenvalue weighted by Gasteiger charge is -2.31. The van der Waals surface area contributed by atoms with Gasteiger partial charge in [0.05, 0.1) is 0 Å². The van der Waals surface area contributed by atoms with Gasteiger partial charge >= 0.3 is 0 Å². The van der Waals surface area contributed by atoms with Crippen molar-refractivity contribution in [1.29, 1.82) is 0 Å². The highest BCUT2D eigenvalue weighted by molar-refractivity contribution is 5.94. The standard InChI is InChI=1S/C17H21N3O3/c1-12-4-3-9-20(10-12)17(21)14-5-7-15(8-6-14)22-11-16-18-13(2)23-19-16/h5-8,12H,3-4,9-11H2,1-2H3/t12-/m1/s1. The molecule has 6 nitrogen and oxygen atoms in total. The molecule has 1 saturated heterocycles. The smallest absolute Gasteiger partial charge is 0.253 e. The number of rotatable bonds is 4. The van der Waals surface area contributed by atoms with Crippen molar-refractivity contribution in [1.82, 2.24) is 15.0 Å². The van der Waals surface area contributed by atoms with Gasteiger partial charge in [0.2, 0.25) is 11.7 Å². The van der Waals surface area contributed by atoms with Crippen LogP contribution in [0, 0.1) is 12.8 Å². The fourth-order valence-corrected chi connectivity index (χ4v) is 2.80. The fraction of sp³-hybridized carbons (Fsp3) is 0.471. The third-order valence-electron chi connectivity index (χ3n) is 3.98. The first-order valence-electron chi connectivity index (χ1n) is 7.93. The van der Waals surface area contributed by atoms with Crippen molar-refractivity contribution in [3.63, 3.8) is 0 Å². The van der Waals surface area contributed by atoms with Crippen molar-refractivity contribution >= 4 is 5.91 Å². The molecular formula is C17H21N3O3. The second-order valence-electron chi connectivity index (χ2n) is 6.04. The van der Waals surface area contributed by atoms with E-state index >= 15 is 0 Å². The molecule has 122 valence electrons. The van der Waals surface area contributed by atoms with E-state index in [9.17, 15) is 4.79 Å². The number of ether oxygens (including phenoxy) is 1. The molecule has 0 N–H and O–H groups in total. The van der Waals surface area contributed by atoms with Gasteiger partial charge in [-0.2, -0.15) is 4.98 Å². The highest BCUT2D eigenvalue weighted by Crippen LogP contribution is 2.19. The third-order valence-corrected chi connectivity index (χ3v) is 3.98. The second-order valence-corrected chi connectivity index (χ2v) is 6.04. The van der Waals surface area contributed by atoms with E-state index in [1.54, 1.807) is 31.2 Å². The van der Waals surface area contributed by atoms with Gasteiger partial charge in [0.25, 0.3) is 5.91 Å². The molecule has 0 unspecified atom stereocenters. The van der Waals surface area contributed by atoms with E-state index in [0.717, 1.165) is 19.5 Å². The van der Waals surface area contributed by atoms with E-state index in [2.05, 4.69) is 17.1 Å². The molecule has 1 aromatic carbocycles. The molecule has 0 aliphatic carbocycles. The molecule has 0 saturated carbocycles. The van der Waals surface area contributed by atoms with Crippen molar-refractivity contribution in [2.45, 2.75) is 33.3 Å². The van der Waals surface area contributed by atoms with Crippen LogP contribution in [0.3, 0.4) is 0 Å². The van der Waals surface area contributed by atoms with Crippen molar-refractivity contribution in [2.24, 2.45) is 5.92 Å². The first-order chi connectivity index (χ1) is 11.1. The molecule has 1 aromatic heterocycles. The number of hydrogen-bond acceptors (Lipinski definition) is 5. The van der Waals surface area contributed by atoms with Gasteiger partial charge in [0.1, 0.15) is 5.75 Å². The van der Waals surface area contributed by atoms with E-state index in [1.165, 1.54) is 6.42 Å². The van der Waals surface area contributed by atoms with Gasteiger partial charge in [-0.15, -0.1) is 0 Å². The molecule has 0 bridgehead atoms. The Morgan fingerprint density at radius 2 is 2.17 bits per heavy atom. The summed E-state index contributed by atoms with van der Waals surface area (Å²) in [5.41, 5.74) is 0.696. The Morgan fingerprint density at radius 1 is 1.39 bits per heavy atom. The zero-order chi connectivity index (χ0) is 16.2. The van der Waals surface area contributed by atoms with Gasteiger partial charge in [-0.25, -0.2) is 0 Å². The Bertz CT molecular complexity index is 666. The molecule has 0 radical (unpaired) electrons. The number of benzene rings is 1. The number of likely N-dealkylation sites (tertiary alicyclic amines) is 1. The molecule has 1 amide bonds. The number of aryl methyl sites for hydroxylation is 1. The van der Waals surface area contributed by atoms with Gasteiger partial charge in [-0.3, -0.25) is 4.79 Å². The first kappa shape index (κ1) is 15.5. The average Bonchev–Trinajstić information content (AvgIpc) is 2.98. The van der Waals surface area contributed by atoms with Crippen LogP contribution in [0.4, 0.5) is 0 Å². The molecule has 23 heavy (non-hydrogen) atoms. The molecule has 1 aliphatic rings. The number of nitrogens with zero attached hydrogens (tertiary/aromatic N) is 3. The third kappa shape index (κ3) is 3.88. The summed E-state index contributed by atoms with van der Waals surface area (Å²) >= 11 is 0. The fourth-order valence-electron chi connectivity index (χ4n) is 2.80. The minimum absolute atomic E-state index is 0.0943. The Hall–Kier alpha value is -2.37. The number of amides is 1. The molecule has 1 aliphatic heterocycles. The summed E-state index contributed by atoms with van der Waals surface area (Å²) in [6.45, 7) is 5.86. The maximum atomic E-state index is 12.5. The van der Waals surface area contributed by atoms with Gasteiger partial charge in [-0.1, -0.05) is 12.1 Å². The quantitative estimate of drug-likeness (QED) is 0.868. The topological polar surface area (TPSA) is 68.5 Å². The van der Waals surface area contributed by atoms with Crippen LogP contribution in [0.5, 0.6) is 5.75 Å². The number of carbonyl (C=O) groups is 1. The number of hydrogen-bond donors (Lipinski definition) is 0. The lowest BCUT2D eigenvalue weighted by atomic mass is 9.99. The Morgan fingerprint density at radius 3 is 2.83 bits per heavy atom. The zero-order valence-electron chi connectivity index (χ0n) is 13.5. The summed E-state index contributed by atoms with van der Waals surface area (Å²) in [6.07, 6.45) is 2.28. The van der Waals surface area contributed by atoms with Crippen molar-refractivity contribution in [3.8, 4) is 5.75 Å². The lowest BCUT2D eigenvalue weighted by Crippen LogP contribution is -2.39. The molecule has 2 aromatic rings.